The van der Waals surface area contributed by atoms with Crippen molar-refractivity contribution < 1.29 is 19.4 Å². The number of amides is 1. The van der Waals surface area contributed by atoms with Gasteiger partial charge >= 0.3 is 5.97 Å². The van der Waals surface area contributed by atoms with Gasteiger partial charge in [-0.05, 0) is 0 Å². The van der Waals surface area contributed by atoms with Gasteiger partial charge in [-0.3, -0.25) is 9.59 Å². The van der Waals surface area contributed by atoms with E-state index in [0.29, 0.717) is 19.8 Å². The van der Waals surface area contributed by atoms with Gasteiger partial charge in [0.1, 0.15) is 0 Å². The number of nitrogens with one attached hydrogen (secondary N) is 1. The van der Waals surface area contributed by atoms with E-state index < -0.39 is 17.8 Å². The SMILES string of the molecule is CC(C(=O)O)C(C)C(=O)NCC1(C)COC1. The summed E-state index contributed by atoms with van der Waals surface area (Å²) in [6.07, 6.45) is 0. The molecule has 0 radical (unpaired) electrons. The molecule has 1 aliphatic heterocycles. The third-order valence-electron chi connectivity index (χ3n) is 3.14. The Morgan fingerprint density at radius 1 is 1.38 bits per heavy atom. The first-order valence-electron chi connectivity index (χ1n) is 5.44. The van der Waals surface area contributed by atoms with Crippen molar-refractivity contribution >= 4 is 11.9 Å². The van der Waals surface area contributed by atoms with Crippen LogP contribution in [-0.2, 0) is 14.3 Å². The van der Waals surface area contributed by atoms with Crippen LogP contribution in [0, 0.1) is 17.3 Å². The van der Waals surface area contributed by atoms with E-state index in [1.54, 1.807) is 13.8 Å². The molecule has 1 fully saturated rings. The van der Waals surface area contributed by atoms with Gasteiger partial charge in [-0.25, -0.2) is 0 Å². The largest absolute Gasteiger partial charge is 0.481 e. The van der Waals surface area contributed by atoms with Crippen molar-refractivity contribution in [1.82, 2.24) is 5.32 Å². The van der Waals surface area contributed by atoms with Crippen LogP contribution < -0.4 is 5.32 Å². The maximum Gasteiger partial charge on any atom is 0.307 e. The average molecular weight is 229 g/mol. The Kier molecular flexibility index (Phi) is 3.91. The van der Waals surface area contributed by atoms with Gasteiger partial charge in [-0.2, -0.15) is 0 Å². The summed E-state index contributed by atoms with van der Waals surface area (Å²) in [4.78, 5) is 22.4. The Hall–Kier alpha value is -1.10. The first-order chi connectivity index (χ1) is 7.36. The fourth-order valence-corrected chi connectivity index (χ4v) is 1.46. The molecule has 92 valence electrons. The molecule has 1 heterocycles. The molecule has 5 heteroatoms. The van der Waals surface area contributed by atoms with Crippen LogP contribution in [0.2, 0.25) is 0 Å². The second-order valence-electron chi connectivity index (χ2n) is 4.94. The van der Waals surface area contributed by atoms with E-state index in [1.807, 2.05) is 6.92 Å². The molecule has 1 amide bonds. The van der Waals surface area contributed by atoms with Crippen molar-refractivity contribution in [2.45, 2.75) is 20.8 Å². The van der Waals surface area contributed by atoms with Gasteiger partial charge in [0, 0.05) is 17.9 Å². The Labute approximate surface area is 95.2 Å². The van der Waals surface area contributed by atoms with Gasteiger partial charge in [0.15, 0.2) is 0 Å². The lowest BCUT2D eigenvalue weighted by atomic mass is 9.88. The molecule has 5 nitrogen and oxygen atoms in total. The molecule has 1 rings (SSSR count). The number of carboxylic acids is 1. The van der Waals surface area contributed by atoms with E-state index in [-0.39, 0.29) is 11.3 Å². The molecule has 1 saturated heterocycles. The maximum atomic E-state index is 11.7. The highest BCUT2D eigenvalue weighted by Gasteiger charge is 2.34. The molecule has 0 aromatic rings. The van der Waals surface area contributed by atoms with Crippen LogP contribution in [0.25, 0.3) is 0 Å². The number of ether oxygens (including phenoxy) is 1. The highest BCUT2D eigenvalue weighted by atomic mass is 16.5. The van der Waals surface area contributed by atoms with Crippen molar-refractivity contribution in [2.24, 2.45) is 17.3 Å². The number of carboxylic acid groups (broad SMARTS) is 1. The Morgan fingerprint density at radius 3 is 2.31 bits per heavy atom. The summed E-state index contributed by atoms with van der Waals surface area (Å²) in [6, 6.07) is 0. The lowest BCUT2D eigenvalue weighted by Gasteiger charge is -2.38. The van der Waals surface area contributed by atoms with Crippen molar-refractivity contribution in [2.75, 3.05) is 19.8 Å². The smallest absolute Gasteiger partial charge is 0.307 e. The van der Waals surface area contributed by atoms with Crippen LogP contribution in [0.5, 0.6) is 0 Å². The van der Waals surface area contributed by atoms with Crippen LogP contribution in [0.15, 0.2) is 0 Å². The standard InChI is InChI=1S/C11H19NO4/c1-7(8(2)10(14)15)9(13)12-4-11(3)5-16-6-11/h7-8H,4-6H2,1-3H3,(H,12,13)(H,14,15). The number of carbonyl (C=O) groups is 2. The van der Waals surface area contributed by atoms with Gasteiger partial charge in [-0.1, -0.05) is 20.8 Å². The predicted octanol–water partition coefficient (Wildman–Crippen LogP) is 0.496. The van der Waals surface area contributed by atoms with Gasteiger partial charge < -0.3 is 15.2 Å². The number of hydrogen-bond acceptors (Lipinski definition) is 3. The van der Waals surface area contributed by atoms with Crippen molar-refractivity contribution in [3.05, 3.63) is 0 Å². The number of hydrogen-bond donors (Lipinski definition) is 2. The molecule has 0 spiro atoms. The summed E-state index contributed by atoms with van der Waals surface area (Å²) in [5, 5.41) is 11.6. The normalized spacial score (nSPS) is 21.7. The summed E-state index contributed by atoms with van der Waals surface area (Å²) in [6.45, 7) is 7.05. The third-order valence-corrected chi connectivity index (χ3v) is 3.14. The molecule has 1 aliphatic rings. The fourth-order valence-electron chi connectivity index (χ4n) is 1.46. The highest BCUT2D eigenvalue weighted by molar-refractivity contribution is 5.84. The summed E-state index contributed by atoms with van der Waals surface area (Å²) in [5.41, 5.74) is 0.0157. The Balaban J connectivity index is 2.37. The lowest BCUT2D eigenvalue weighted by Crippen LogP contribution is -2.50. The molecule has 0 aliphatic carbocycles. The van der Waals surface area contributed by atoms with E-state index in [0.717, 1.165) is 0 Å². The summed E-state index contributed by atoms with van der Waals surface area (Å²) in [7, 11) is 0. The van der Waals surface area contributed by atoms with Crippen molar-refractivity contribution in [3.8, 4) is 0 Å². The third kappa shape index (κ3) is 2.95. The predicted molar refractivity (Wildman–Crippen MR) is 57.9 cm³/mol. The first-order valence-corrected chi connectivity index (χ1v) is 5.44. The van der Waals surface area contributed by atoms with E-state index in [2.05, 4.69) is 5.32 Å². The molecule has 0 aromatic carbocycles. The lowest BCUT2D eigenvalue weighted by molar-refractivity contribution is -0.146. The molecule has 2 N–H and O–H groups in total. The summed E-state index contributed by atoms with van der Waals surface area (Å²) in [5.74, 6) is -2.32. The van der Waals surface area contributed by atoms with Gasteiger partial charge in [0.2, 0.25) is 5.91 Å². The van der Waals surface area contributed by atoms with E-state index >= 15 is 0 Å². The van der Waals surface area contributed by atoms with Gasteiger partial charge in [-0.15, -0.1) is 0 Å². The molecule has 2 atom stereocenters. The highest BCUT2D eigenvalue weighted by Crippen LogP contribution is 2.25. The van der Waals surface area contributed by atoms with Gasteiger partial charge in [0.05, 0.1) is 19.1 Å². The van der Waals surface area contributed by atoms with Crippen LogP contribution in [0.3, 0.4) is 0 Å². The van der Waals surface area contributed by atoms with Crippen molar-refractivity contribution in [1.29, 1.82) is 0 Å². The number of aliphatic carboxylic acids is 1. The molecule has 0 aromatic heterocycles. The summed E-state index contributed by atoms with van der Waals surface area (Å²) >= 11 is 0. The fraction of sp³-hybridized carbons (Fsp3) is 0.818. The van der Waals surface area contributed by atoms with Crippen molar-refractivity contribution in [3.63, 3.8) is 0 Å². The Bertz CT molecular complexity index is 286. The monoisotopic (exact) mass is 229 g/mol. The maximum absolute atomic E-state index is 11.7. The Morgan fingerprint density at radius 2 is 1.94 bits per heavy atom. The zero-order chi connectivity index (χ0) is 12.3. The van der Waals surface area contributed by atoms with Crippen LogP contribution in [0.1, 0.15) is 20.8 Å². The molecular formula is C11H19NO4. The second kappa shape index (κ2) is 4.82. The molecule has 0 saturated carbocycles. The number of carbonyl (C=O) groups excluding carboxylic acids is 1. The topological polar surface area (TPSA) is 75.6 Å². The molecule has 0 bridgehead atoms. The minimum atomic E-state index is -0.944. The molecular weight excluding hydrogens is 210 g/mol. The molecule has 2 unspecified atom stereocenters. The number of rotatable bonds is 5. The first kappa shape index (κ1) is 13.0. The zero-order valence-corrected chi connectivity index (χ0v) is 9.95. The van der Waals surface area contributed by atoms with E-state index in [9.17, 15) is 9.59 Å². The quantitative estimate of drug-likeness (QED) is 0.719. The zero-order valence-electron chi connectivity index (χ0n) is 9.95. The minimum absolute atomic E-state index is 0.0157. The summed E-state index contributed by atoms with van der Waals surface area (Å²) < 4.78 is 5.07. The molecule has 16 heavy (non-hydrogen) atoms. The van der Waals surface area contributed by atoms with Gasteiger partial charge in [0.25, 0.3) is 0 Å². The second-order valence-corrected chi connectivity index (χ2v) is 4.94. The van der Waals surface area contributed by atoms with Crippen LogP contribution in [0.4, 0.5) is 0 Å². The average Bonchev–Trinajstić information content (AvgIpc) is 2.20. The van der Waals surface area contributed by atoms with E-state index in [1.165, 1.54) is 0 Å². The minimum Gasteiger partial charge on any atom is -0.481 e. The van der Waals surface area contributed by atoms with Crippen LogP contribution >= 0.6 is 0 Å². The van der Waals surface area contributed by atoms with Crippen LogP contribution in [-0.4, -0.2) is 36.7 Å². The van der Waals surface area contributed by atoms with E-state index in [4.69, 9.17) is 9.84 Å².